The fraction of sp³-hybridized carbons (Fsp3) is 0.833. The number of ether oxygens (including phenoxy) is 1. The number of nitriles is 1. The van der Waals surface area contributed by atoms with Crippen LogP contribution in [-0.4, -0.2) is 15.0 Å². The maximum atomic E-state index is 8.06. The monoisotopic (exact) mass is 143 g/mol. The second-order valence-electron chi connectivity index (χ2n) is 2.08. The smallest absolute Gasteiger partial charge is 0.285 e. The van der Waals surface area contributed by atoms with Crippen molar-refractivity contribution in [2.24, 2.45) is 0 Å². The van der Waals surface area contributed by atoms with Gasteiger partial charge < -0.3 is 4.74 Å². The molecule has 0 aromatic heterocycles. The minimum atomic E-state index is -0.654. The molecule has 0 aliphatic heterocycles. The van der Waals surface area contributed by atoms with Gasteiger partial charge in [0, 0.05) is 0 Å². The Morgan fingerprint density at radius 3 is 2.33 bits per heavy atom. The van der Waals surface area contributed by atoms with Crippen molar-refractivity contribution in [1.29, 1.82) is 5.26 Å². The largest absolute Gasteiger partial charge is 0.432 e. The summed E-state index contributed by atoms with van der Waals surface area (Å²) in [5, 5.41) is 8.06. The molecule has 0 bridgehead atoms. The normalized spacial score (nSPS) is 9.11. The fourth-order valence-corrected chi connectivity index (χ4v) is 2.04. The van der Waals surface area contributed by atoms with Crippen molar-refractivity contribution in [2.75, 3.05) is 6.23 Å². The highest BCUT2D eigenvalue weighted by Crippen LogP contribution is 1.97. The van der Waals surface area contributed by atoms with E-state index in [-0.39, 0.29) is 0 Å². The van der Waals surface area contributed by atoms with Crippen LogP contribution in [0.15, 0.2) is 0 Å². The van der Waals surface area contributed by atoms with Gasteiger partial charge in [-0.05, 0) is 0 Å². The maximum absolute atomic E-state index is 8.06. The van der Waals surface area contributed by atoms with E-state index >= 15 is 0 Å². The van der Waals surface area contributed by atoms with Gasteiger partial charge in [-0.3, -0.25) is 0 Å². The predicted molar refractivity (Wildman–Crippen MR) is 39.7 cm³/mol. The molecule has 0 fully saturated rings. The first-order valence-electron chi connectivity index (χ1n) is 3.36. The van der Waals surface area contributed by atoms with Crippen LogP contribution in [0, 0.1) is 11.5 Å². The maximum Gasteiger partial charge on any atom is 0.285 e. The van der Waals surface area contributed by atoms with Crippen LogP contribution in [0.4, 0.5) is 0 Å². The zero-order valence-electron chi connectivity index (χ0n) is 6.05. The Balaban J connectivity index is 3.22. The lowest BCUT2D eigenvalue weighted by Crippen LogP contribution is -2.16. The Hall–Kier alpha value is -0.493. The second kappa shape index (κ2) is 5.64. The van der Waals surface area contributed by atoms with E-state index in [1.807, 2.05) is 0 Å². The molecule has 0 heterocycles. The van der Waals surface area contributed by atoms with E-state index in [1.165, 1.54) is 12.1 Å². The van der Waals surface area contributed by atoms with Crippen molar-refractivity contribution in [3.05, 3.63) is 0 Å². The quantitative estimate of drug-likeness (QED) is 0.439. The third-order valence-corrected chi connectivity index (χ3v) is 4.49. The summed E-state index contributed by atoms with van der Waals surface area (Å²) in [5.74, 6) is 0. The van der Waals surface area contributed by atoms with Gasteiger partial charge in [-0.25, -0.2) is 0 Å². The van der Waals surface area contributed by atoms with E-state index in [0.29, 0.717) is 0 Å². The lowest BCUT2D eigenvalue weighted by molar-refractivity contribution is 0.329. The highest BCUT2D eigenvalue weighted by Gasteiger charge is 2.04. The Morgan fingerprint density at radius 1 is 1.44 bits per heavy atom. The first-order chi connectivity index (χ1) is 4.35. The minimum Gasteiger partial charge on any atom is -0.432 e. The predicted octanol–water partition coefficient (Wildman–Crippen LogP) is 1.29. The van der Waals surface area contributed by atoms with Gasteiger partial charge >= 0.3 is 0 Å². The van der Waals surface area contributed by atoms with Gasteiger partial charge in [0.2, 0.25) is 0 Å². The van der Waals surface area contributed by atoms with Crippen molar-refractivity contribution in [1.82, 2.24) is 0 Å². The summed E-state index contributed by atoms with van der Waals surface area (Å²) in [7, 11) is -0.654. The molecule has 0 aromatic carbocycles. The van der Waals surface area contributed by atoms with Crippen LogP contribution < -0.4 is 0 Å². The average molecular weight is 143 g/mol. The summed E-state index contributed by atoms with van der Waals surface area (Å²) >= 11 is 0. The number of rotatable bonds is 4. The van der Waals surface area contributed by atoms with E-state index in [1.54, 1.807) is 6.26 Å². The Labute approximate surface area is 58.0 Å². The molecule has 0 atom stereocenters. The van der Waals surface area contributed by atoms with Crippen molar-refractivity contribution in [3.63, 3.8) is 0 Å². The molecule has 0 rings (SSSR count). The number of hydrogen-bond donors (Lipinski definition) is 0. The average Bonchev–Trinajstić information content (AvgIpc) is 1.91. The zero-order valence-corrected chi connectivity index (χ0v) is 7.21. The third-order valence-electron chi connectivity index (χ3n) is 1.54. The van der Waals surface area contributed by atoms with Crippen LogP contribution in [0.25, 0.3) is 0 Å². The zero-order chi connectivity index (χ0) is 7.11. The Morgan fingerprint density at radius 2 is 2.00 bits per heavy atom. The summed E-state index contributed by atoms with van der Waals surface area (Å²) < 4.78 is 4.64. The molecule has 0 spiro atoms. The van der Waals surface area contributed by atoms with Gasteiger partial charge in [0.05, 0.1) is 15.0 Å². The summed E-state index contributed by atoms with van der Waals surface area (Å²) in [6, 6.07) is 2.47. The third kappa shape index (κ3) is 4.04. The first kappa shape index (κ1) is 8.51. The molecule has 0 aliphatic rings. The van der Waals surface area contributed by atoms with E-state index < -0.39 is 8.80 Å². The second-order valence-corrected chi connectivity index (χ2v) is 5.78. The SMILES string of the molecule is CC[SiH](CC)COC#N. The van der Waals surface area contributed by atoms with Crippen LogP contribution in [0.1, 0.15) is 13.8 Å². The molecule has 0 saturated carbocycles. The number of hydrogen-bond acceptors (Lipinski definition) is 2. The van der Waals surface area contributed by atoms with E-state index in [4.69, 9.17) is 5.26 Å². The molecular weight excluding hydrogens is 130 g/mol. The van der Waals surface area contributed by atoms with Crippen molar-refractivity contribution >= 4 is 8.80 Å². The lowest BCUT2D eigenvalue weighted by atomic mass is 10.9. The molecule has 9 heavy (non-hydrogen) atoms. The summed E-state index contributed by atoms with van der Waals surface area (Å²) in [5.41, 5.74) is 0. The van der Waals surface area contributed by atoms with Gasteiger partial charge in [0.15, 0.2) is 0 Å². The Kier molecular flexibility index (Phi) is 5.33. The van der Waals surface area contributed by atoms with Crippen LogP contribution in [0.5, 0.6) is 0 Å². The van der Waals surface area contributed by atoms with Gasteiger partial charge in [0.25, 0.3) is 6.26 Å². The summed E-state index contributed by atoms with van der Waals surface area (Å²) in [4.78, 5) is 0. The molecule has 0 unspecified atom stereocenters. The van der Waals surface area contributed by atoms with Crippen LogP contribution in [0.2, 0.25) is 12.1 Å². The minimum absolute atomic E-state index is 0.654. The first-order valence-corrected chi connectivity index (χ1v) is 5.80. The van der Waals surface area contributed by atoms with Crippen molar-refractivity contribution < 1.29 is 4.74 Å². The van der Waals surface area contributed by atoms with Gasteiger partial charge in [-0.2, -0.15) is 5.26 Å². The van der Waals surface area contributed by atoms with Gasteiger partial charge in [0.1, 0.15) is 0 Å². The molecule has 3 heteroatoms. The summed E-state index contributed by atoms with van der Waals surface area (Å²) in [6.45, 7) is 4.34. The molecule has 0 N–H and O–H groups in total. The molecule has 0 saturated heterocycles. The van der Waals surface area contributed by atoms with Crippen molar-refractivity contribution in [3.8, 4) is 6.26 Å². The summed E-state index contributed by atoms with van der Waals surface area (Å²) in [6.07, 6.45) is 2.43. The topological polar surface area (TPSA) is 33.0 Å². The van der Waals surface area contributed by atoms with Crippen molar-refractivity contribution in [2.45, 2.75) is 25.9 Å². The fourth-order valence-electron chi connectivity index (χ4n) is 0.679. The molecule has 0 radical (unpaired) electrons. The lowest BCUT2D eigenvalue weighted by Gasteiger charge is -2.05. The Bertz CT molecular complexity index is 95.7. The highest BCUT2D eigenvalue weighted by molar-refractivity contribution is 6.58. The number of nitrogens with zero attached hydrogens (tertiary/aromatic N) is 1. The molecule has 52 valence electrons. The van der Waals surface area contributed by atoms with Crippen LogP contribution >= 0.6 is 0 Å². The molecule has 0 aromatic rings. The molecular formula is C6H13NOSi. The molecule has 0 amide bonds. The van der Waals surface area contributed by atoms with Crippen LogP contribution in [0.3, 0.4) is 0 Å². The van der Waals surface area contributed by atoms with E-state index in [9.17, 15) is 0 Å². The van der Waals surface area contributed by atoms with E-state index in [0.717, 1.165) is 6.23 Å². The highest BCUT2D eigenvalue weighted by atomic mass is 28.3. The standard InChI is InChI=1S/C6H13NOSi/c1-3-9(4-2)6-8-5-7/h9H,3-4,6H2,1-2H3. The van der Waals surface area contributed by atoms with Gasteiger partial charge in [-0.15, -0.1) is 0 Å². The van der Waals surface area contributed by atoms with E-state index in [2.05, 4.69) is 18.6 Å². The molecule has 0 aliphatic carbocycles. The van der Waals surface area contributed by atoms with Crippen LogP contribution in [-0.2, 0) is 4.74 Å². The molecule has 2 nitrogen and oxygen atoms in total. The van der Waals surface area contributed by atoms with Gasteiger partial charge in [-0.1, -0.05) is 25.9 Å².